The number of hydrogen-bond acceptors (Lipinski definition) is 15. The number of carbonyl (C=O) groups excluding carboxylic acids is 4. The van der Waals surface area contributed by atoms with Crippen LogP contribution in [0.2, 0.25) is 0 Å². The van der Waals surface area contributed by atoms with Crippen LogP contribution in [-0.2, 0) is 65.4 Å². The van der Waals surface area contributed by atoms with Gasteiger partial charge < -0.3 is 33.8 Å². The number of phosphoric acid groups is 2. The molecule has 2 unspecified atom stereocenters. The molecule has 0 rings (SSSR count). The SMILES string of the molecule is CCCCCCCCCCCCCCC(=O)OC[C@H](COP(=O)(O)OC[C@@H](O)COP(=O)(O)OC[C@@H](COC(=O)CCCCCCCCCCC)OC(=O)CCCCCCCCCCC(C)C)OC(=O)CCCCCCCCCCCCC(C)C. The highest BCUT2D eigenvalue weighted by molar-refractivity contribution is 7.47. The average molecular weight is 1260 g/mol. The van der Waals surface area contributed by atoms with E-state index in [4.69, 9.17) is 37.0 Å². The monoisotopic (exact) mass is 1250 g/mol. The van der Waals surface area contributed by atoms with E-state index in [9.17, 15) is 43.2 Å². The van der Waals surface area contributed by atoms with Crippen LogP contribution in [0.25, 0.3) is 0 Å². The van der Waals surface area contributed by atoms with Crippen molar-refractivity contribution in [2.75, 3.05) is 39.6 Å². The predicted molar refractivity (Wildman–Crippen MR) is 340 cm³/mol. The van der Waals surface area contributed by atoms with E-state index >= 15 is 0 Å². The minimum Gasteiger partial charge on any atom is -0.462 e. The van der Waals surface area contributed by atoms with Crippen molar-refractivity contribution < 1.29 is 80.2 Å². The maximum Gasteiger partial charge on any atom is 0.472 e. The Morgan fingerprint density at radius 3 is 0.800 bits per heavy atom. The van der Waals surface area contributed by atoms with E-state index in [1.165, 1.54) is 148 Å². The Hall–Kier alpha value is -1.94. The van der Waals surface area contributed by atoms with Crippen LogP contribution in [0.3, 0.4) is 0 Å². The third-order valence-corrected chi connectivity index (χ3v) is 17.1. The van der Waals surface area contributed by atoms with Gasteiger partial charge in [0.1, 0.15) is 19.3 Å². The van der Waals surface area contributed by atoms with E-state index in [0.29, 0.717) is 25.7 Å². The van der Waals surface area contributed by atoms with Gasteiger partial charge in [-0.2, -0.15) is 0 Å². The molecule has 19 heteroatoms. The summed E-state index contributed by atoms with van der Waals surface area (Å²) in [6.45, 7) is 9.45. The Kier molecular flexibility index (Phi) is 57.1. The Morgan fingerprint density at radius 1 is 0.318 bits per heavy atom. The van der Waals surface area contributed by atoms with Crippen LogP contribution in [0.15, 0.2) is 0 Å². The van der Waals surface area contributed by atoms with Crippen LogP contribution >= 0.6 is 15.6 Å². The number of carbonyl (C=O) groups is 4. The first kappa shape index (κ1) is 83.1. The van der Waals surface area contributed by atoms with Crippen LogP contribution < -0.4 is 0 Å². The van der Waals surface area contributed by atoms with Crippen LogP contribution in [0.1, 0.15) is 330 Å². The third kappa shape index (κ3) is 60.7. The number of ether oxygens (including phenoxy) is 4. The standard InChI is InChI=1S/C66H128O17P2/c1-7-9-11-13-15-17-18-19-24-31-37-43-49-64(69)77-55-61(82-65(70)50-44-38-32-25-21-20-23-28-34-40-46-58(3)4)56-80-84(72,73)78-52-60(67)53-79-85(74,75)81-57-62(54-76-63(68)48-42-36-30-22-16-14-12-10-8-2)83-66(71)51-45-39-33-27-26-29-35-41-47-59(5)6/h58-62,67H,7-57H2,1-6H3,(H,72,73)(H,74,75)/t60-,61-,62-/m1/s1. The molecule has 5 atom stereocenters. The fourth-order valence-electron chi connectivity index (χ4n) is 9.88. The molecular weight excluding hydrogens is 1130 g/mol. The van der Waals surface area contributed by atoms with E-state index < -0.39 is 97.5 Å². The first-order valence-corrected chi connectivity index (χ1v) is 37.5. The smallest absolute Gasteiger partial charge is 0.462 e. The molecule has 0 bridgehead atoms. The lowest BCUT2D eigenvalue weighted by Crippen LogP contribution is -2.30. The average Bonchev–Trinajstić information content (AvgIpc) is 3.49. The molecule has 504 valence electrons. The predicted octanol–water partition coefficient (Wildman–Crippen LogP) is 18.4. The summed E-state index contributed by atoms with van der Waals surface area (Å²) < 4.78 is 68.1. The second kappa shape index (κ2) is 58.4. The zero-order chi connectivity index (χ0) is 62.9. The summed E-state index contributed by atoms with van der Waals surface area (Å²) in [5.41, 5.74) is 0. The number of phosphoric ester groups is 2. The van der Waals surface area contributed by atoms with Crippen molar-refractivity contribution in [3.63, 3.8) is 0 Å². The van der Waals surface area contributed by atoms with Gasteiger partial charge in [0.05, 0.1) is 26.4 Å². The first-order chi connectivity index (χ1) is 40.9. The van der Waals surface area contributed by atoms with Crippen LogP contribution in [0.5, 0.6) is 0 Å². The molecule has 85 heavy (non-hydrogen) atoms. The van der Waals surface area contributed by atoms with Crippen LogP contribution in [-0.4, -0.2) is 96.7 Å². The summed E-state index contributed by atoms with van der Waals surface area (Å²) in [6, 6.07) is 0. The lowest BCUT2D eigenvalue weighted by atomic mass is 10.0. The topological polar surface area (TPSA) is 237 Å². The van der Waals surface area contributed by atoms with Gasteiger partial charge in [-0.3, -0.25) is 37.3 Å². The summed E-state index contributed by atoms with van der Waals surface area (Å²) >= 11 is 0. The second-order valence-corrected chi connectivity index (χ2v) is 27.7. The highest BCUT2D eigenvalue weighted by atomic mass is 31.2. The van der Waals surface area contributed by atoms with Crippen molar-refractivity contribution >= 4 is 39.5 Å². The van der Waals surface area contributed by atoms with Gasteiger partial charge >= 0.3 is 39.5 Å². The second-order valence-electron chi connectivity index (χ2n) is 24.8. The van der Waals surface area contributed by atoms with Gasteiger partial charge in [-0.15, -0.1) is 0 Å². The summed E-state index contributed by atoms with van der Waals surface area (Å²) in [5, 5.41) is 10.5. The van der Waals surface area contributed by atoms with Crippen molar-refractivity contribution in [2.24, 2.45) is 11.8 Å². The van der Waals surface area contributed by atoms with Gasteiger partial charge in [-0.05, 0) is 37.5 Å². The zero-order valence-electron chi connectivity index (χ0n) is 54.9. The van der Waals surface area contributed by atoms with E-state index in [0.717, 1.165) is 102 Å². The molecule has 0 saturated heterocycles. The normalized spacial score (nSPS) is 14.2. The lowest BCUT2D eigenvalue weighted by molar-refractivity contribution is -0.161. The highest BCUT2D eigenvalue weighted by Crippen LogP contribution is 2.45. The lowest BCUT2D eigenvalue weighted by Gasteiger charge is -2.21. The molecule has 0 aromatic rings. The van der Waals surface area contributed by atoms with Crippen molar-refractivity contribution in [3.8, 4) is 0 Å². The van der Waals surface area contributed by atoms with Crippen molar-refractivity contribution in [1.82, 2.24) is 0 Å². The molecule has 0 spiro atoms. The summed E-state index contributed by atoms with van der Waals surface area (Å²) in [4.78, 5) is 72.3. The van der Waals surface area contributed by atoms with Gasteiger partial charge in [0, 0.05) is 25.7 Å². The molecule has 0 aliphatic carbocycles. The fourth-order valence-corrected chi connectivity index (χ4v) is 11.5. The van der Waals surface area contributed by atoms with Gasteiger partial charge in [0.15, 0.2) is 12.2 Å². The molecular formula is C66H128O17P2. The molecule has 0 aromatic heterocycles. The summed E-state index contributed by atoms with van der Waals surface area (Å²) in [5.74, 6) is -0.661. The van der Waals surface area contributed by atoms with Crippen LogP contribution in [0, 0.1) is 11.8 Å². The Labute approximate surface area is 517 Å². The molecule has 0 saturated carbocycles. The molecule has 3 N–H and O–H groups in total. The molecule has 0 radical (unpaired) electrons. The van der Waals surface area contributed by atoms with E-state index in [-0.39, 0.29) is 25.7 Å². The minimum atomic E-state index is -4.95. The van der Waals surface area contributed by atoms with Crippen molar-refractivity contribution in [2.45, 2.75) is 349 Å². The molecule has 0 aliphatic heterocycles. The summed E-state index contributed by atoms with van der Waals surface area (Å²) in [7, 11) is -9.89. The summed E-state index contributed by atoms with van der Waals surface area (Å²) in [6.07, 6.45) is 41.6. The Balaban J connectivity index is 5.24. The maximum atomic E-state index is 13.0. The highest BCUT2D eigenvalue weighted by Gasteiger charge is 2.30. The Morgan fingerprint density at radius 2 is 0.541 bits per heavy atom. The molecule has 0 fully saturated rings. The molecule has 0 aliphatic rings. The maximum absolute atomic E-state index is 13.0. The zero-order valence-corrected chi connectivity index (χ0v) is 56.7. The first-order valence-electron chi connectivity index (χ1n) is 34.5. The number of unbranched alkanes of at least 4 members (excludes halogenated alkanes) is 35. The largest absolute Gasteiger partial charge is 0.472 e. The number of aliphatic hydroxyl groups is 1. The number of esters is 4. The minimum absolute atomic E-state index is 0.104. The van der Waals surface area contributed by atoms with Gasteiger partial charge in [-0.25, -0.2) is 9.13 Å². The van der Waals surface area contributed by atoms with Crippen molar-refractivity contribution in [1.29, 1.82) is 0 Å². The van der Waals surface area contributed by atoms with E-state index in [2.05, 4.69) is 41.5 Å². The van der Waals surface area contributed by atoms with Gasteiger partial charge in [0.25, 0.3) is 0 Å². The van der Waals surface area contributed by atoms with Gasteiger partial charge in [0.2, 0.25) is 0 Å². The number of hydrogen-bond donors (Lipinski definition) is 3. The molecule has 0 aromatic carbocycles. The number of aliphatic hydroxyl groups excluding tert-OH is 1. The molecule has 0 heterocycles. The Bertz CT molecular complexity index is 1670. The molecule has 17 nitrogen and oxygen atoms in total. The van der Waals surface area contributed by atoms with Crippen LogP contribution in [0.4, 0.5) is 0 Å². The van der Waals surface area contributed by atoms with Crippen molar-refractivity contribution in [3.05, 3.63) is 0 Å². The number of rotatable bonds is 65. The molecule has 0 amide bonds. The quantitative estimate of drug-likeness (QED) is 0.0222. The third-order valence-electron chi connectivity index (χ3n) is 15.2. The van der Waals surface area contributed by atoms with Gasteiger partial charge in [-0.1, -0.05) is 279 Å². The van der Waals surface area contributed by atoms with E-state index in [1.807, 2.05) is 0 Å². The van der Waals surface area contributed by atoms with E-state index in [1.54, 1.807) is 0 Å². The fraction of sp³-hybridized carbons (Fsp3) is 0.939.